The van der Waals surface area contributed by atoms with Crippen LogP contribution in [0.3, 0.4) is 0 Å². The number of thiazole rings is 1. The summed E-state index contributed by atoms with van der Waals surface area (Å²) in [5, 5.41) is 1.91. The summed E-state index contributed by atoms with van der Waals surface area (Å²) in [5.41, 5.74) is 7.39. The van der Waals surface area contributed by atoms with Gasteiger partial charge in [-0.1, -0.05) is 6.07 Å². The number of aromatic nitrogens is 2. The van der Waals surface area contributed by atoms with Gasteiger partial charge in [0, 0.05) is 23.5 Å². The highest BCUT2D eigenvalue weighted by atomic mass is 32.2. The third-order valence-electron chi connectivity index (χ3n) is 3.14. The van der Waals surface area contributed by atoms with Crippen molar-refractivity contribution in [1.82, 2.24) is 9.38 Å². The second-order valence-electron chi connectivity index (χ2n) is 4.55. The summed E-state index contributed by atoms with van der Waals surface area (Å²) in [7, 11) is -3.44. The van der Waals surface area contributed by atoms with Crippen LogP contribution in [0.2, 0.25) is 0 Å². The number of nitrogen functional groups attached to an aromatic ring is 1. The number of anilines is 1. The van der Waals surface area contributed by atoms with Crippen LogP contribution >= 0.6 is 11.3 Å². The molecule has 1 aromatic carbocycles. The third-order valence-corrected chi connectivity index (χ3v) is 5.70. The van der Waals surface area contributed by atoms with Gasteiger partial charge in [0.1, 0.15) is 0 Å². The normalized spacial score (nSPS) is 12.1. The number of hydrogen-bond donors (Lipinski definition) is 1. The molecular formula is C13H13N3O2S2. The largest absolute Gasteiger partial charge is 0.398 e. The van der Waals surface area contributed by atoms with Gasteiger partial charge < -0.3 is 5.73 Å². The van der Waals surface area contributed by atoms with Crippen LogP contribution in [0.15, 0.2) is 40.9 Å². The van der Waals surface area contributed by atoms with Crippen molar-refractivity contribution in [2.24, 2.45) is 0 Å². The predicted octanol–water partition coefficient (Wildman–Crippen LogP) is 2.26. The number of nitrogens with zero attached hydrogens (tertiary/aromatic N) is 2. The molecule has 0 aliphatic rings. The van der Waals surface area contributed by atoms with E-state index in [1.54, 1.807) is 31.3 Å². The minimum atomic E-state index is -3.44. The summed E-state index contributed by atoms with van der Waals surface area (Å²) < 4.78 is 26.8. The van der Waals surface area contributed by atoms with Gasteiger partial charge in [-0.15, -0.1) is 11.3 Å². The monoisotopic (exact) mass is 307 g/mol. The molecule has 2 N–H and O–H groups in total. The number of nitrogens with two attached hydrogens (primary N) is 1. The van der Waals surface area contributed by atoms with Crippen LogP contribution in [-0.4, -0.2) is 17.8 Å². The number of rotatable bonds is 3. The number of benzene rings is 1. The number of fused-ring (bicyclic) bond motifs is 1. The maximum Gasteiger partial charge on any atom is 0.193 e. The first-order chi connectivity index (χ1) is 9.47. The first-order valence-corrected chi connectivity index (χ1v) is 8.49. The van der Waals surface area contributed by atoms with Crippen LogP contribution < -0.4 is 5.73 Å². The Hall–Kier alpha value is -1.86. The van der Waals surface area contributed by atoms with E-state index in [9.17, 15) is 8.42 Å². The van der Waals surface area contributed by atoms with Crippen molar-refractivity contribution in [2.45, 2.75) is 17.6 Å². The quantitative estimate of drug-likeness (QED) is 0.753. The molecule has 0 saturated carbocycles. The van der Waals surface area contributed by atoms with Gasteiger partial charge in [0.05, 0.1) is 16.3 Å². The second kappa shape index (κ2) is 4.60. The lowest BCUT2D eigenvalue weighted by molar-refractivity contribution is 0.594. The molecule has 0 unspecified atom stereocenters. The molecule has 3 rings (SSSR count). The highest BCUT2D eigenvalue weighted by Gasteiger charge is 2.20. The van der Waals surface area contributed by atoms with Crippen molar-refractivity contribution < 1.29 is 8.42 Å². The van der Waals surface area contributed by atoms with E-state index in [0.29, 0.717) is 16.9 Å². The Morgan fingerprint density at radius 1 is 1.40 bits per heavy atom. The molecule has 0 spiro atoms. The molecule has 3 aromatic rings. The van der Waals surface area contributed by atoms with Crippen molar-refractivity contribution in [1.29, 1.82) is 0 Å². The van der Waals surface area contributed by atoms with E-state index in [1.165, 1.54) is 11.3 Å². The highest BCUT2D eigenvalue weighted by Crippen LogP contribution is 2.24. The average molecular weight is 307 g/mol. The van der Waals surface area contributed by atoms with Crippen molar-refractivity contribution in [3.63, 3.8) is 0 Å². The van der Waals surface area contributed by atoms with Crippen LogP contribution in [0.25, 0.3) is 4.96 Å². The van der Waals surface area contributed by atoms with E-state index in [0.717, 1.165) is 4.96 Å². The average Bonchev–Trinajstić information content (AvgIpc) is 2.92. The van der Waals surface area contributed by atoms with Crippen LogP contribution in [0.1, 0.15) is 11.3 Å². The first-order valence-electron chi connectivity index (χ1n) is 5.96. The lowest BCUT2D eigenvalue weighted by Gasteiger charge is -2.08. The molecule has 20 heavy (non-hydrogen) atoms. The lowest BCUT2D eigenvalue weighted by atomic mass is 10.2. The molecule has 104 valence electrons. The SMILES string of the molecule is Cc1c(N)cccc1S(=O)(=O)Cc1cn2ccsc2n1. The van der Waals surface area contributed by atoms with E-state index in [1.807, 2.05) is 16.0 Å². The smallest absolute Gasteiger partial charge is 0.193 e. The first kappa shape index (κ1) is 13.1. The Morgan fingerprint density at radius 2 is 2.20 bits per heavy atom. The van der Waals surface area contributed by atoms with Crippen LogP contribution in [0.4, 0.5) is 5.69 Å². The van der Waals surface area contributed by atoms with Gasteiger partial charge in [0.25, 0.3) is 0 Å². The van der Waals surface area contributed by atoms with Gasteiger partial charge >= 0.3 is 0 Å². The Bertz CT molecular complexity index is 850. The lowest BCUT2D eigenvalue weighted by Crippen LogP contribution is -2.08. The fourth-order valence-corrected chi connectivity index (χ4v) is 4.36. The fraction of sp³-hybridized carbons (Fsp3) is 0.154. The van der Waals surface area contributed by atoms with E-state index in [4.69, 9.17) is 5.73 Å². The molecule has 0 amide bonds. The van der Waals surface area contributed by atoms with E-state index >= 15 is 0 Å². The van der Waals surface area contributed by atoms with Crippen LogP contribution in [-0.2, 0) is 15.6 Å². The van der Waals surface area contributed by atoms with Crippen molar-refractivity contribution in [2.75, 3.05) is 5.73 Å². The summed E-state index contributed by atoms with van der Waals surface area (Å²) in [4.78, 5) is 5.37. The van der Waals surface area contributed by atoms with Crippen molar-refractivity contribution in [3.8, 4) is 0 Å². The predicted molar refractivity (Wildman–Crippen MR) is 79.6 cm³/mol. The summed E-state index contributed by atoms with van der Waals surface area (Å²) in [6, 6.07) is 4.93. The Balaban J connectivity index is 2.00. The molecular weight excluding hydrogens is 294 g/mol. The molecule has 0 radical (unpaired) electrons. The van der Waals surface area contributed by atoms with Gasteiger partial charge in [-0.3, -0.25) is 4.40 Å². The van der Waals surface area contributed by atoms with Crippen molar-refractivity contribution >= 4 is 31.8 Å². The summed E-state index contributed by atoms with van der Waals surface area (Å²) in [6.45, 7) is 1.72. The molecule has 7 heteroatoms. The molecule has 5 nitrogen and oxygen atoms in total. The topological polar surface area (TPSA) is 77.5 Å². The van der Waals surface area contributed by atoms with Gasteiger partial charge in [0.2, 0.25) is 0 Å². The number of imidazole rings is 1. The second-order valence-corrected chi connectivity index (χ2v) is 7.39. The van der Waals surface area contributed by atoms with E-state index < -0.39 is 9.84 Å². The zero-order chi connectivity index (χ0) is 14.3. The molecule has 0 fully saturated rings. The molecule has 0 aliphatic carbocycles. The molecule has 2 heterocycles. The molecule has 0 atom stereocenters. The van der Waals surface area contributed by atoms with Gasteiger partial charge in [0.15, 0.2) is 14.8 Å². The minimum Gasteiger partial charge on any atom is -0.398 e. The fourth-order valence-electron chi connectivity index (χ4n) is 2.09. The standard InChI is InChI=1S/C13H13N3O2S2/c1-9-11(14)3-2-4-12(9)20(17,18)8-10-7-16-5-6-19-13(16)15-10/h2-7H,8,14H2,1H3. The zero-order valence-electron chi connectivity index (χ0n) is 10.8. The summed E-state index contributed by atoms with van der Waals surface area (Å²) in [5.74, 6) is -0.119. The van der Waals surface area contributed by atoms with Gasteiger partial charge in [-0.25, -0.2) is 13.4 Å². The molecule has 0 saturated heterocycles. The number of hydrogen-bond acceptors (Lipinski definition) is 5. The zero-order valence-corrected chi connectivity index (χ0v) is 12.4. The van der Waals surface area contributed by atoms with Crippen LogP contribution in [0.5, 0.6) is 0 Å². The third kappa shape index (κ3) is 2.19. The van der Waals surface area contributed by atoms with Crippen LogP contribution in [0, 0.1) is 6.92 Å². The van der Waals surface area contributed by atoms with Crippen molar-refractivity contribution in [3.05, 3.63) is 47.2 Å². The maximum absolute atomic E-state index is 12.5. The molecule has 0 aliphatic heterocycles. The molecule has 0 bridgehead atoms. The Labute approximate surface area is 120 Å². The molecule has 2 aromatic heterocycles. The maximum atomic E-state index is 12.5. The van der Waals surface area contributed by atoms with E-state index in [-0.39, 0.29) is 10.6 Å². The Morgan fingerprint density at radius 3 is 2.95 bits per heavy atom. The van der Waals surface area contributed by atoms with E-state index in [2.05, 4.69) is 4.98 Å². The Kier molecular flexibility index (Phi) is 3.02. The summed E-state index contributed by atoms with van der Waals surface area (Å²) in [6.07, 6.45) is 3.60. The summed E-state index contributed by atoms with van der Waals surface area (Å²) >= 11 is 1.47. The minimum absolute atomic E-state index is 0.119. The van der Waals surface area contributed by atoms with Gasteiger partial charge in [-0.2, -0.15) is 0 Å². The highest BCUT2D eigenvalue weighted by molar-refractivity contribution is 7.90. The number of sulfone groups is 1. The van der Waals surface area contributed by atoms with Gasteiger partial charge in [-0.05, 0) is 24.6 Å².